The van der Waals surface area contributed by atoms with E-state index in [1.54, 1.807) is 0 Å². The van der Waals surface area contributed by atoms with Crippen LogP contribution in [0.4, 0.5) is 10.5 Å². The van der Waals surface area contributed by atoms with Gasteiger partial charge in [-0.15, -0.1) is 11.3 Å². The Morgan fingerprint density at radius 3 is 2.20 bits per heavy atom. The number of thiophene rings is 1. The molecule has 0 unspecified atom stereocenters. The maximum absolute atomic E-state index is 12.9. The van der Waals surface area contributed by atoms with Crippen molar-refractivity contribution in [3.63, 3.8) is 0 Å². The van der Waals surface area contributed by atoms with Gasteiger partial charge in [-0.2, -0.15) is 0 Å². The van der Waals surface area contributed by atoms with Crippen LogP contribution in [0.25, 0.3) is 6.08 Å². The fraction of sp³-hybridized carbons (Fsp3) is 0.211. The summed E-state index contributed by atoms with van der Waals surface area (Å²) in [7, 11) is 0. The van der Waals surface area contributed by atoms with E-state index < -0.39 is 17.8 Å². The van der Waals surface area contributed by atoms with Crippen molar-refractivity contribution in [2.24, 2.45) is 0 Å². The molecule has 25 heavy (non-hydrogen) atoms. The van der Waals surface area contributed by atoms with Crippen molar-refractivity contribution in [3.8, 4) is 0 Å². The summed E-state index contributed by atoms with van der Waals surface area (Å²) in [5, 5.41) is 2.27. The van der Waals surface area contributed by atoms with Gasteiger partial charge < -0.3 is 0 Å². The maximum Gasteiger partial charge on any atom is 0.335 e. The van der Waals surface area contributed by atoms with Crippen molar-refractivity contribution in [3.05, 3.63) is 56.3 Å². The second-order valence-electron chi connectivity index (χ2n) is 6.15. The summed E-state index contributed by atoms with van der Waals surface area (Å²) in [5.41, 5.74) is 3.14. The van der Waals surface area contributed by atoms with Gasteiger partial charge >= 0.3 is 6.03 Å². The van der Waals surface area contributed by atoms with Crippen LogP contribution in [0.1, 0.15) is 26.4 Å². The Morgan fingerprint density at radius 2 is 1.64 bits per heavy atom. The van der Waals surface area contributed by atoms with E-state index in [0.717, 1.165) is 31.3 Å². The molecule has 6 heteroatoms. The van der Waals surface area contributed by atoms with E-state index in [0.29, 0.717) is 5.69 Å². The van der Waals surface area contributed by atoms with Gasteiger partial charge in [0.2, 0.25) is 0 Å². The van der Waals surface area contributed by atoms with Gasteiger partial charge in [0.05, 0.1) is 5.69 Å². The first-order chi connectivity index (χ1) is 11.8. The molecule has 0 spiro atoms. The van der Waals surface area contributed by atoms with E-state index in [1.807, 2.05) is 52.0 Å². The highest BCUT2D eigenvalue weighted by Gasteiger charge is 2.38. The van der Waals surface area contributed by atoms with Crippen molar-refractivity contribution in [2.45, 2.75) is 27.7 Å². The number of imide groups is 2. The minimum absolute atomic E-state index is 0.0409. The van der Waals surface area contributed by atoms with Gasteiger partial charge in [0.1, 0.15) is 5.57 Å². The summed E-state index contributed by atoms with van der Waals surface area (Å²) >= 11 is 1.48. The number of barbiturate groups is 1. The summed E-state index contributed by atoms with van der Waals surface area (Å²) in [6, 6.07) is 6.86. The summed E-state index contributed by atoms with van der Waals surface area (Å²) in [6.45, 7) is 7.59. The van der Waals surface area contributed by atoms with Gasteiger partial charge in [-0.1, -0.05) is 17.7 Å². The molecule has 1 saturated heterocycles. The highest BCUT2D eigenvalue weighted by atomic mass is 32.1. The van der Waals surface area contributed by atoms with Crippen molar-refractivity contribution < 1.29 is 14.4 Å². The zero-order valence-corrected chi connectivity index (χ0v) is 15.3. The van der Waals surface area contributed by atoms with Gasteiger partial charge in [0, 0.05) is 9.75 Å². The Labute approximate surface area is 150 Å². The molecule has 2 aromatic rings. The van der Waals surface area contributed by atoms with Crippen molar-refractivity contribution >= 4 is 40.9 Å². The second kappa shape index (κ2) is 6.29. The molecule has 0 radical (unpaired) electrons. The van der Waals surface area contributed by atoms with Gasteiger partial charge in [0.25, 0.3) is 11.8 Å². The molecule has 1 aromatic carbocycles. The van der Waals surface area contributed by atoms with Crippen LogP contribution in [0.3, 0.4) is 0 Å². The predicted molar refractivity (Wildman–Crippen MR) is 98.7 cm³/mol. The molecule has 1 aliphatic heterocycles. The second-order valence-corrected chi connectivity index (χ2v) is 7.47. The van der Waals surface area contributed by atoms with Crippen molar-refractivity contribution in [1.29, 1.82) is 0 Å². The minimum Gasteiger partial charge on any atom is -0.273 e. The van der Waals surface area contributed by atoms with Crippen LogP contribution in [0, 0.1) is 27.7 Å². The van der Waals surface area contributed by atoms with Gasteiger partial charge in [-0.3, -0.25) is 14.9 Å². The van der Waals surface area contributed by atoms with Crippen LogP contribution >= 0.6 is 11.3 Å². The number of hydrogen-bond donors (Lipinski definition) is 1. The summed E-state index contributed by atoms with van der Waals surface area (Å²) in [5.74, 6) is -1.27. The van der Waals surface area contributed by atoms with Crippen LogP contribution < -0.4 is 10.2 Å². The lowest BCUT2D eigenvalue weighted by molar-refractivity contribution is -0.122. The first kappa shape index (κ1) is 17.1. The molecule has 0 atom stereocenters. The Hall–Kier alpha value is -2.73. The molecule has 1 fully saturated rings. The zero-order chi connectivity index (χ0) is 18.3. The largest absolute Gasteiger partial charge is 0.335 e. The molecule has 5 nitrogen and oxygen atoms in total. The summed E-state index contributed by atoms with van der Waals surface area (Å²) in [6.07, 6.45) is 1.54. The molecule has 4 amide bonds. The van der Waals surface area contributed by atoms with E-state index in [2.05, 4.69) is 5.32 Å². The molecule has 0 bridgehead atoms. The zero-order valence-electron chi connectivity index (χ0n) is 14.5. The van der Waals surface area contributed by atoms with Crippen molar-refractivity contribution in [2.75, 3.05) is 4.90 Å². The average Bonchev–Trinajstić information content (AvgIpc) is 2.91. The van der Waals surface area contributed by atoms with Gasteiger partial charge in [0.15, 0.2) is 0 Å². The van der Waals surface area contributed by atoms with E-state index in [4.69, 9.17) is 0 Å². The Morgan fingerprint density at radius 1 is 1.00 bits per heavy atom. The fourth-order valence-corrected chi connectivity index (χ4v) is 3.88. The number of hydrogen-bond acceptors (Lipinski definition) is 4. The SMILES string of the molecule is Cc1cc(C)c(N2C(=O)NC(=O)/C(=C/c3ccc(C)s3)C2=O)c(C)c1. The number of benzene rings is 1. The van der Waals surface area contributed by atoms with Crippen LogP contribution in [0.5, 0.6) is 0 Å². The van der Waals surface area contributed by atoms with Gasteiger partial charge in [-0.25, -0.2) is 9.69 Å². The summed E-state index contributed by atoms with van der Waals surface area (Å²) < 4.78 is 0. The Kier molecular flexibility index (Phi) is 4.30. The number of carbonyl (C=O) groups is 3. The number of aryl methyl sites for hydroxylation is 4. The lowest BCUT2D eigenvalue weighted by atomic mass is 10.0. The van der Waals surface area contributed by atoms with Crippen LogP contribution in [-0.4, -0.2) is 17.8 Å². The number of nitrogens with zero attached hydrogens (tertiary/aromatic N) is 1. The topological polar surface area (TPSA) is 66.5 Å². The minimum atomic E-state index is -0.718. The predicted octanol–water partition coefficient (Wildman–Crippen LogP) is 3.65. The molecule has 0 saturated carbocycles. The molecule has 2 heterocycles. The lowest BCUT2D eigenvalue weighted by Gasteiger charge is -2.29. The Balaban J connectivity index is 2.09. The normalized spacial score (nSPS) is 16.6. The van der Waals surface area contributed by atoms with E-state index in [1.165, 1.54) is 17.4 Å². The highest BCUT2D eigenvalue weighted by Crippen LogP contribution is 2.30. The number of urea groups is 1. The van der Waals surface area contributed by atoms with E-state index in [9.17, 15) is 14.4 Å². The molecule has 128 valence electrons. The number of carbonyl (C=O) groups excluding carboxylic acids is 3. The van der Waals surface area contributed by atoms with Gasteiger partial charge in [-0.05, 0) is 57.0 Å². The number of amides is 4. The van der Waals surface area contributed by atoms with E-state index >= 15 is 0 Å². The number of rotatable bonds is 2. The van der Waals surface area contributed by atoms with Crippen LogP contribution in [-0.2, 0) is 9.59 Å². The first-order valence-electron chi connectivity index (χ1n) is 7.83. The highest BCUT2D eigenvalue weighted by molar-refractivity contribution is 7.12. The maximum atomic E-state index is 12.9. The lowest BCUT2D eigenvalue weighted by Crippen LogP contribution is -2.54. The third kappa shape index (κ3) is 3.13. The van der Waals surface area contributed by atoms with Crippen LogP contribution in [0.15, 0.2) is 29.8 Å². The number of nitrogens with one attached hydrogen (secondary N) is 1. The monoisotopic (exact) mass is 354 g/mol. The molecule has 1 N–H and O–H groups in total. The van der Waals surface area contributed by atoms with Crippen molar-refractivity contribution in [1.82, 2.24) is 5.32 Å². The average molecular weight is 354 g/mol. The summed E-state index contributed by atoms with van der Waals surface area (Å²) in [4.78, 5) is 40.4. The Bertz CT molecular complexity index is 917. The molecule has 3 rings (SSSR count). The molecular formula is C19H18N2O3S. The third-order valence-corrected chi connectivity index (χ3v) is 4.96. The standard InChI is InChI=1S/C19H18N2O3S/c1-10-7-11(2)16(12(3)8-10)21-18(23)15(17(22)20-19(21)24)9-14-6-5-13(4)25-14/h5-9H,1-4H3,(H,20,22,24)/b15-9-. The molecule has 1 aromatic heterocycles. The van der Waals surface area contributed by atoms with Crippen LogP contribution in [0.2, 0.25) is 0 Å². The number of anilines is 1. The van der Waals surface area contributed by atoms with E-state index in [-0.39, 0.29) is 5.57 Å². The fourth-order valence-electron chi connectivity index (χ4n) is 3.06. The smallest absolute Gasteiger partial charge is 0.273 e. The first-order valence-corrected chi connectivity index (χ1v) is 8.65. The molecule has 1 aliphatic rings. The quantitative estimate of drug-likeness (QED) is 0.661. The molecule has 0 aliphatic carbocycles. The molecular weight excluding hydrogens is 336 g/mol. The third-order valence-electron chi connectivity index (χ3n) is 4.01.